The number of carbonyl (C=O) groups is 1. The van der Waals surface area contributed by atoms with Crippen molar-refractivity contribution < 1.29 is 9.32 Å². The van der Waals surface area contributed by atoms with Crippen LogP contribution in [0.25, 0.3) is 0 Å². The molecule has 106 valence electrons. The van der Waals surface area contributed by atoms with E-state index in [-0.39, 0.29) is 5.91 Å². The molecule has 0 aliphatic heterocycles. The molecule has 1 N–H and O–H groups in total. The van der Waals surface area contributed by atoms with Crippen molar-refractivity contribution in [2.75, 3.05) is 23.3 Å². The summed E-state index contributed by atoms with van der Waals surface area (Å²) in [6, 6.07) is 1.64. The molecule has 0 radical (unpaired) electrons. The maximum atomic E-state index is 12.0. The molecule has 20 heavy (non-hydrogen) atoms. The standard InChI is InChI=1S/C13H17N5O2/c1-4-18(5-2)13-14-7-10(8-15-13)12(19)16-11-6-9(3)20-17-11/h6-8H,4-5H2,1-3H3,(H,16,17,19). The third-order valence-corrected chi connectivity index (χ3v) is 2.82. The smallest absolute Gasteiger partial charge is 0.260 e. The topological polar surface area (TPSA) is 84.2 Å². The summed E-state index contributed by atoms with van der Waals surface area (Å²) in [5, 5.41) is 6.32. The molecule has 1 amide bonds. The van der Waals surface area contributed by atoms with Crippen molar-refractivity contribution in [1.29, 1.82) is 0 Å². The number of hydrogen-bond acceptors (Lipinski definition) is 6. The van der Waals surface area contributed by atoms with Gasteiger partial charge in [-0.3, -0.25) is 4.79 Å². The van der Waals surface area contributed by atoms with Crippen LogP contribution in [0.15, 0.2) is 23.0 Å². The molecule has 2 aromatic heterocycles. The number of anilines is 2. The molecular weight excluding hydrogens is 258 g/mol. The number of aromatic nitrogens is 3. The maximum Gasteiger partial charge on any atom is 0.260 e. The summed E-state index contributed by atoms with van der Waals surface area (Å²) in [7, 11) is 0. The minimum Gasteiger partial charge on any atom is -0.360 e. The van der Waals surface area contributed by atoms with Crippen LogP contribution in [0.1, 0.15) is 30.0 Å². The van der Waals surface area contributed by atoms with E-state index in [1.807, 2.05) is 18.7 Å². The van der Waals surface area contributed by atoms with Gasteiger partial charge in [0.15, 0.2) is 5.82 Å². The van der Waals surface area contributed by atoms with E-state index in [2.05, 4.69) is 20.4 Å². The van der Waals surface area contributed by atoms with Crippen molar-refractivity contribution in [3.05, 3.63) is 29.8 Å². The highest BCUT2D eigenvalue weighted by molar-refractivity contribution is 6.03. The second-order valence-electron chi connectivity index (χ2n) is 4.22. The summed E-state index contributed by atoms with van der Waals surface area (Å²) >= 11 is 0. The summed E-state index contributed by atoms with van der Waals surface area (Å²) in [4.78, 5) is 22.4. The second-order valence-corrected chi connectivity index (χ2v) is 4.22. The van der Waals surface area contributed by atoms with Gasteiger partial charge in [0, 0.05) is 31.5 Å². The summed E-state index contributed by atoms with van der Waals surface area (Å²) in [6.45, 7) is 7.45. The highest BCUT2D eigenvalue weighted by Crippen LogP contribution is 2.10. The van der Waals surface area contributed by atoms with Crippen LogP contribution in [-0.4, -0.2) is 34.1 Å². The van der Waals surface area contributed by atoms with Gasteiger partial charge in [-0.15, -0.1) is 0 Å². The molecule has 2 heterocycles. The zero-order chi connectivity index (χ0) is 14.5. The van der Waals surface area contributed by atoms with Crippen LogP contribution in [-0.2, 0) is 0 Å². The predicted molar refractivity (Wildman–Crippen MR) is 74.8 cm³/mol. The van der Waals surface area contributed by atoms with Gasteiger partial charge in [-0.1, -0.05) is 5.16 Å². The molecule has 7 heteroatoms. The first-order valence-corrected chi connectivity index (χ1v) is 6.45. The molecule has 2 aromatic rings. The predicted octanol–water partition coefficient (Wildman–Crippen LogP) is 1.87. The maximum absolute atomic E-state index is 12.0. The van der Waals surface area contributed by atoms with E-state index in [0.29, 0.717) is 23.1 Å². The van der Waals surface area contributed by atoms with Gasteiger partial charge in [0.05, 0.1) is 5.56 Å². The average molecular weight is 275 g/mol. The van der Waals surface area contributed by atoms with Gasteiger partial charge in [0.1, 0.15) is 5.76 Å². The van der Waals surface area contributed by atoms with Crippen LogP contribution in [0, 0.1) is 6.92 Å². The Morgan fingerprint density at radius 3 is 2.45 bits per heavy atom. The van der Waals surface area contributed by atoms with Gasteiger partial charge in [0.25, 0.3) is 5.91 Å². The molecule has 0 fully saturated rings. The van der Waals surface area contributed by atoms with Crippen LogP contribution in [0.5, 0.6) is 0 Å². The summed E-state index contributed by atoms with van der Waals surface area (Å²) < 4.78 is 4.88. The lowest BCUT2D eigenvalue weighted by Crippen LogP contribution is -2.24. The Bertz CT molecular complexity index is 575. The fourth-order valence-electron chi connectivity index (χ4n) is 1.72. The van der Waals surface area contributed by atoms with Crippen LogP contribution in [0.4, 0.5) is 11.8 Å². The average Bonchev–Trinajstić information content (AvgIpc) is 2.86. The molecule has 0 atom stereocenters. The largest absolute Gasteiger partial charge is 0.360 e. The number of nitrogens with zero attached hydrogens (tertiary/aromatic N) is 4. The van der Waals surface area contributed by atoms with Gasteiger partial charge in [-0.25, -0.2) is 9.97 Å². The van der Waals surface area contributed by atoms with Gasteiger partial charge >= 0.3 is 0 Å². The molecule has 0 unspecified atom stereocenters. The fourth-order valence-corrected chi connectivity index (χ4v) is 1.72. The molecule has 7 nitrogen and oxygen atoms in total. The molecular formula is C13H17N5O2. The minimum atomic E-state index is -0.315. The third kappa shape index (κ3) is 3.11. The van der Waals surface area contributed by atoms with E-state index in [0.717, 1.165) is 13.1 Å². The number of nitrogens with one attached hydrogen (secondary N) is 1. The quantitative estimate of drug-likeness (QED) is 0.896. The molecule has 0 bridgehead atoms. The molecule has 0 aliphatic rings. The van der Waals surface area contributed by atoms with Crippen molar-refractivity contribution in [2.45, 2.75) is 20.8 Å². The van der Waals surface area contributed by atoms with Crippen molar-refractivity contribution in [1.82, 2.24) is 15.1 Å². The zero-order valence-electron chi connectivity index (χ0n) is 11.8. The Morgan fingerprint density at radius 1 is 1.30 bits per heavy atom. The summed E-state index contributed by atoms with van der Waals surface area (Å²) in [5.41, 5.74) is 0.376. The van der Waals surface area contributed by atoms with E-state index in [1.54, 1.807) is 13.0 Å². The lowest BCUT2D eigenvalue weighted by atomic mass is 10.3. The molecule has 0 aliphatic carbocycles. The number of aryl methyl sites for hydroxylation is 1. The van der Waals surface area contributed by atoms with Gasteiger partial charge in [-0.05, 0) is 20.8 Å². The van der Waals surface area contributed by atoms with E-state index in [4.69, 9.17) is 4.52 Å². The SMILES string of the molecule is CCN(CC)c1ncc(C(=O)Nc2cc(C)on2)cn1. The Balaban J connectivity index is 2.07. The number of amides is 1. The Kier molecular flexibility index (Phi) is 4.29. The van der Waals surface area contributed by atoms with Crippen LogP contribution < -0.4 is 10.2 Å². The van der Waals surface area contributed by atoms with E-state index in [1.165, 1.54) is 12.4 Å². The fraction of sp³-hybridized carbons (Fsp3) is 0.385. The Hall–Kier alpha value is -2.44. The van der Waals surface area contributed by atoms with E-state index >= 15 is 0 Å². The summed E-state index contributed by atoms with van der Waals surface area (Å²) in [5.74, 6) is 1.31. The number of rotatable bonds is 5. The first-order chi connectivity index (χ1) is 9.63. The van der Waals surface area contributed by atoms with Crippen molar-refractivity contribution >= 4 is 17.7 Å². The molecule has 0 spiro atoms. The van der Waals surface area contributed by atoms with Crippen LogP contribution in [0.2, 0.25) is 0 Å². The van der Waals surface area contributed by atoms with Gasteiger partial charge < -0.3 is 14.7 Å². The lowest BCUT2D eigenvalue weighted by molar-refractivity contribution is 0.102. The lowest BCUT2D eigenvalue weighted by Gasteiger charge is -2.17. The van der Waals surface area contributed by atoms with Crippen molar-refractivity contribution in [2.24, 2.45) is 0 Å². The number of hydrogen-bond donors (Lipinski definition) is 1. The number of carbonyl (C=O) groups excluding carboxylic acids is 1. The van der Waals surface area contributed by atoms with Crippen LogP contribution >= 0.6 is 0 Å². The monoisotopic (exact) mass is 275 g/mol. The minimum absolute atomic E-state index is 0.315. The van der Waals surface area contributed by atoms with E-state index < -0.39 is 0 Å². The molecule has 0 saturated heterocycles. The van der Waals surface area contributed by atoms with Crippen molar-refractivity contribution in [3.63, 3.8) is 0 Å². The first-order valence-electron chi connectivity index (χ1n) is 6.45. The van der Waals surface area contributed by atoms with Gasteiger partial charge in [-0.2, -0.15) is 0 Å². The highest BCUT2D eigenvalue weighted by Gasteiger charge is 2.11. The van der Waals surface area contributed by atoms with E-state index in [9.17, 15) is 4.79 Å². The second kappa shape index (κ2) is 6.14. The molecule has 0 saturated carbocycles. The van der Waals surface area contributed by atoms with Crippen LogP contribution in [0.3, 0.4) is 0 Å². The third-order valence-electron chi connectivity index (χ3n) is 2.82. The normalized spacial score (nSPS) is 10.3. The molecule has 0 aromatic carbocycles. The first kappa shape index (κ1) is 14.0. The van der Waals surface area contributed by atoms with Crippen molar-refractivity contribution in [3.8, 4) is 0 Å². The molecule has 2 rings (SSSR count). The highest BCUT2D eigenvalue weighted by atomic mass is 16.5. The summed E-state index contributed by atoms with van der Waals surface area (Å²) in [6.07, 6.45) is 3.01. The van der Waals surface area contributed by atoms with Gasteiger partial charge in [0.2, 0.25) is 5.95 Å². The Morgan fingerprint density at radius 2 is 1.95 bits per heavy atom. The Labute approximate surface area is 117 Å². The zero-order valence-corrected chi connectivity index (χ0v) is 11.8.